The zero-order valence-corrected chi connectivity index (χ0v) is 12.7. The molecule has 0 saturated carbocycles. The second-order valence-corrected chi connectivity index (χ2v) is 6.07. The van der Waals surface area contributed by atoms with Crippen LogP contribution in [0.15, 0.2) is 41.5 Å². The molecule has 4 heteroatoms. The van der Waals surface area contributed by atoms with Gasteiger partial charge in [-0.05, 0) is 63.4 Å². The highest BCUT2D eigenvalue weighted by molar-refractivity contribution is 5.37. The van der Waals surface area contributed by atoms with Gasteiger partial charge in [0.25, 0.3) is 0 Å². The van der Waals surface area contributed by atoms with Crippen LogP contribution in [0.4, 0.5) is 0 Å². The normalized spacial score (nSPS) is 16.5. The summed E-state index contributed by atoms with van der Waals surface area (Å²) in [6.07, 6.45) is 6.07. The van der Waals surface area contributed by atoms with E-state index in [2.05, 4.69) is 23.5 Å². The average Bonchev–Trinajstić information content (AvgIpc) is 2.90. The molecule has 1 aliphatic heterocycles. The van der Waals surface area contributed by atoms with E-state index in [9.17, 15) is 4.79 Å². The number of imidazole rings is 1. The number of aromatic nitrogens is 2. The van der Waals surface area contributed by atoms with Crippen molar-refractivity contribution in [3.05, 3.63) is 52.7 Å². The summed E-state index contributed by atoms with van der Waals surface area (Å²) >= 11 is 0. The maximum atomic E-state index is 12.4. The Labute approximate surface area is 125 Å². The van der Waals surface area contributed by atoms with Gasteiger partial charge < -0.3 is 5.32 Å². The summed E-state index contributed by atoms with van der Waals surface area (Å²) in [5.74, 6) is 0.606. The molecule has 1 fully saturated rings. The standard InChI is InChI=1S/C17H23N3O/c1-13(2)19-10-11-20(17(19)21)16-5-3-4-15(12-16)14-6-8-18-9-7-14/h3-5,10-14,18H,6-9H2,1-2H3. The van der Waals surface area contributed by atoms with E-state index in [1.807, 2.05) is 32.3 Å². The molecule has 1 aliphatic rings. The number of rotatable bonds is 3. The van der Waals surface area contributed by atoms with E-state index in [0.717, 1.165) is 18.8 Å². The van der Waals surface area contributed by atoms with E-state index in [1.54, 1.807) is 9.13 Å². The van der Waals surface area contributed by atoms with E-state index >= 15 is 0 Å². The van der Waals surface area contributed by atoms with Crippen LogP contribution in [0, 0.1) is 0 Å². The van der Waals surface area contributed by atoms with Crippen LogP contribution in [-0.2, 0) is 0 Å². The fraction of sp³-hybridized carbons (Fsp3) is 0.471. The van der Waals surface area contributed by atoms with Gasteiger partial charge >= 0.3 is 5.69 Å². The second kappa shape index (κ2) is 5.90. The highest BCUT2D eigenvalue weighted by Crippen LogP contribution is 2.26. The number of hydrogen-bond acceptors (Lipinski definition) is 2. The Bertz CT molecular complexity index is 663. The Kier molecular flexibility index (Phi) is 3.97. The van der Waals surface area contributed by atoms with Gasteiger partial charge in [-0.3, -0.25) is 9.13 Å². The maximum absolute atomic E-state index is 12.4. The van der Waals surface area contributed by atoms with Crippen LogP contribution in [0.25, 0.3) is 5.69 Å². The third kappa shape index (κ3) is 2.81. The van der Waals surface area contributed by atoms with Gasteiger partial charge in [0.2, 0.25) is 0 Å². The molecule has 1 aromatic heterocycles. The minimum Gasteiger partial charge on any atom is -0.317 e. The van der Waals surface area contributed by atoms with Gasteiger partial charge in [-0.1, -0.05) is 12.1 Å². The molecule has 112 valence electrons. The summed E-state index contributed by atoms with van der Waals surface area (Å²) in [5.41, 5.74) is 2.35. The summed E-state index contributed by atoms with van der Waals surface area (Å²) in [5, 5.41) is 3.40. The third-order valence-corrected chi connectivity index (χ3v) is 4.32. The van der Waals surface area contributed by atoms with Crippen molar-refractivity contribution in [2.75, 3.05) is 13.1 Å². The molecule has 0 aliphatic carbocycles. The molecule has 4 nitrogen and oxygen atoms in total. The van der Waals surface area contributed by atoms with Crippen molar-refractivity contribution in [2.45, 2.75) is 38.6 Å². The van der Waals surface area contributed by atoms with Crippen molar-refractivity contribution in [2.24, 2.45) is 0 Å². The van der Waals surface area contributed by atoms with Gasteiger partial charge in [-0.15, -0.1) is 0 Å². The van der Waals surface area contributed by atoms with Crippen LogP contribution in [0.5, 0.6) is 0 Å². The van der Waals surface area contributed by atoms with Crippen molar-refractivity contribution in [1.82, 2.24) is 14.5 Å². The van der Waals surface area contributed by atoms with Crippen LogP contribution < -0.4 is 11.0 Å². The number of benzene rings is 1. The predicted molar refractivity (Wildman–Crippen MR) is 85.3 cm³/mol. The number of hydrogen-bond donors (Lipinski definition) is 1. The smallest absolute Gasteiger partial charge is 0.317 e. The van der Waals surface area contributed by atoms with Gasteiger partial charge in [0.15, 0.2) is 0 Å². The monoisotopic (exact) mass is 285 g/mol. The summed E-state index contributed by atoms with van der Waals surface area (Å²) in [6.45, 7) is 6.21. The number of nitrogens with one attached hydrogen (secondary N) is 1. The fourth-order valence-electron chi connectivity index (χ4n) is 3.06. The van der Waals surface area contributed by atoms with Crippen molar-refractivity contribution in [3.8, 4) is 5.69 Å². The molecule has 0 radical (unpaired) electrons. The molecule has 21 heavy (non-hydrogen) atoms. The molecule has 0 amide bonds. The van der Waals surface area contributed by atoms with E-state index < -0.39 is 0 Å². The van der Waals surface area contributed by atoms with E-state index in [-0.39, 0.29) is 11.7 Å². The molecule has 0 bridgehead atoms. The van der Waals surface area contributed by atoms with Gasteiger partial charge in [0.1, 0.15) is 0 Å². The molecule has 1 N–H and O–H groups in total. The Hall–Kier alpha value is -1.81. The first-order valence-electron chi connectivity index (χ1n) is 7.77. The van der Waals surface area contributed by atoms with E-state index in [4.69, 9.17) is 0 Å². The lowest BCUT2D eigenvalue weighted by Crippen LogP contribution is -2.27. The van der Waals surface area contributed by atoms with E-state index in [1.165, 1.54) is 18.4 Å². The lowest BCUT2D eigenvalue weighted by atomic mass is 9.90. The zero-order valence-electron chi connectivity index (χ0n) is 12.7. The lowest BCUT2D eigenvalue weighted by molar-refractivity contribution is 0.460. The van der Waals surface area contributed by atoms with Gasteiger partial charge in [-0.25, -0.2) is 4.79 Å². The molecular formula is C17H23N3O. The number of nitrogens with zero attached hydrogens (tertiary/aromatic N) is 2. The summed E-state index contributed by atoms with van der Waals surface area (Å²) in [6, 6.07) is 8.61. The lowest BCUT2D eigenvalue weighted by Gasteiger charge is -2.23. The summed E-state index contributed by atoms with van der Waals surface area (Å²) < 4.78 is 3.50. The molecule has 2 heterocycles. The zero-order chi connectivity index (χ0) is 14.8. The molecule has 0 unspecified atom stereocenters. The largest absolute Gasteiger partial charge is 0.332 e. The molecule has 1 saturated heterocycles. The van der Waals surface area contributed by atoms with Gasteiger partial charge in [0, 0.05) is 18.4 Å². The average molecular weight is 285 g/mol. The molecule has 0 spiro atoms. The Morgan fingerprint density at radius 3 is 2.62 bits per heavy atom. The Balaban J connectivity index is 1.94. The number of piperidine rings is 1. The van der Waals surface area contributed by atoms with Crippen LogP contribution in [0.3, 0.4) is 0 Å². The first-order chi connectivity index (χ1) is 10.2. The van der Waals surface area contributed by atoms with Crippen molar-refractivity contribution in [1.29, 1.82) is 0 Å². The van der Waals surface area contributed by atoms with Crippen molar-refractivity contribution in [3.63, 3.8) is 0 Å². The van der Waals surface area contributed by atoms with Crippen LogP contribution in [0.1, 0.15) is 44.2 Å². The Morgan fingerprint density at radius 1 is 1.19 bits per heavy atom. The quantitative estimate of drug-likeness (QED) is 0.941. The molecule has 0 atom stereocenters. The summed E-state index contributed by atoms with van der Waals surface area (Å²) in [7, 11) is 0. The van der Waals surface area contributed by atoms with Crippen LogP contribution in [0.2, 0.25) is 0 Å². The van der Waals surface area contributed by atoms with Crippen LogP contribution in [-0.4, -0.2) is 22.2 Å². The molecule has 1 aromatic carbocycles. The topological polar surface area (TPSA) is 39.0 Å². The van der Waals surface area contributed by atoms with Crippen molar-refractivity contribution < 1.29 is 0 Å². The first-order valence-corrected chi connectivity index (χ1v) is 7.77. The SMILES string of the molecule is CC(C)n1ccn(-c2cccc(C3CCNCC3)c2)c1=O. The van der Waals surface area contributed by atoms with E-state index in [0.29, 0.717) is 5.92 Å². The third-order valence-electron chi connectivity index (χ3n) is 4.32. The molecule has 2 aromatic rings. The highest BCUT2D eigenvalue weighted by atomic mass is 16.1. The van der Waals surface area contributed by atoms with Gasteiger partial charge in [0.05, 0.1) is 5.69 Å². The Morgan fingerprint density at radius 2 is 1.95 bits per heavy atom. The predicted octanol–water partition coefficient (Wildman–Crippen LogP) is 2.69. The second-order valence-electron chi connectivity index (χ2n) is 6.07. The molecule has 3 rings (SSSR count). The fourth-order valence-corrected chi connectivity index (χ4v) is 3.06. The first kappa shape index (κ1) is 14.1. The van der Waals surface area contributed by atoms with Gasteiger partial charge in [-0.2, -0.15) is 0 Å². The highest BCUT2D eigenvalue weighted by Gasteiger charge is 2.16. The summed E-state index contributed by atoms with van der Waals surface area (Å²) in [4.78, 5) is 12.4. The minimum atomic E-state index is 0.0347. The maximum Gasteiger partial charge on any atom is 0.332 e. The van der Waals surface area contributed by atoms with Crippen LogP contribution >= 0.6 is 0 Å². The minimum absolute atomic E-state index is 0.0347. The molecular weight excluding hydrogens is 262 g/mol. The van der Waals surface area contributed by atoms with Crippen molar-refractivity contribution >= 4 is 0 Å².